The van der Waals surface area contributed by atoms with Crippen molar-refractivity contribution in [2.45, 2.75) is 43.4 Å². The van der Waals surface area contributed by atoms with Gasteiger partial charge in [-0.05, 0) is 48.4 Å². The Bertz CT molecular complexity index is 302. The molecule has 1 heterocycles. The summed E-state index contributed by atoms with van der Waals surface area (Å²) in [5.41, 5.74) is 1.43. The highest BCUT2D eigenvalue weighted by Gasteiger charge is 2.32. The molecule has 1 nitrogen and oxygen atoms in total. The number of rotatable bonds is 5. The molecule has 90 valence electrons. The Labute approximate surface area is 107 Å². The summed E-state index contributed by atoms with van der Waals surface area (Å²) < 4.78 is 0.518. The van der Waals surface area contributed by atoms with Crippen LogP contribution < -0.4 is 5.32 Å². The van der Waals surface area contributed by atoms with E-state index in [1.165, 1.54) is 31.2 Å². The molecule has 1 aliphatic carbocycles. The maximum absolute atomic E-state index is 3.70. The zero-order valence-electron chi connectivity index (χ0n) is 10.2. The Morgan fingerprint density at radius 3 is 2.81 bits per heavy atom. The van der Waals surface area contributed by atoms with Gasteiger partial charge in [-0.2, -0.15) is 23.1 Å². The fraction of sp³-hybridized carbons (Fsp3) is 0.692. The standard InChI is InChI=1S/C13H21NS2/c1-11(12-5-8-16-9-12)14-10-13(15-2)6-3-4-7-13/h5,8-9,11,14H,3-4,6-7,10H2,1-2H3. The Hall–Kier alpha value is 0.01000. The van der Waals surface area contributed by atoms with Crippen molar-refractivity contribution in [3.8, 4) is 0 Å². The van der Waals surface area contributed by atoms with Crippen LogP contribution in [0.2, 0.25) is 0 Å². The molecule has 2 rings (SSSR count). The summed E-state index contributed by atoms with van der Waals surface area (Å²) in [6.07, 6.45) is 7.86. The highest BCUT2D eigenvalue weighted by Crippen LogP contribution is 2.39. The van der Waals surface area contributed by atoms with Crippen LogP contribution in [0.3, 0.4) is 0 Å². The molecule has 0 aromatic carbocycles. The summed E-state index contributed by atoms with van der Waals surface area (Å²) in [6.45, 7) is 3.43. The lowest BCUT2D eigenvalue weighted by molar-refractivity contribution is 0.487. The van der Waals surface area contributed by atoms with E-state index >= 15 is 0 Å². The number of nitrogens with one attached hydrogen (secondary N) is 1. The van der Waals surface area contributed by atoms with E-state index in [0.717, 1.165) is 6.54 Å². The quantitative estimate of drug-likeness (QED) is 0.851. The molecular formula is C13H21NS2. The Kier molecular flexibility index (Phi) is 4.34. The van der Waals surface area contributed by atoms with Crippen molar-refractivity contribution in [2.75, 3.05) is 12.8 Å². The normalized spacial score (nSPS) is 21.1. The Morgan fingerprint density at radius 1 is 1.50 bits per heavy atom. The molecule has 0 amide bonds. The largest absolute Gasteiger partial charge is 0.309 e. The molecule has 16 heavy (non-hydrogen) atoms. The van der Waals surface area contributed by atoms with E-state index in [2.05, 4.69) is 47.1 Å². The number of thiophene rings is 1. The SMILES string of the molecule is CSC1(CNC(C)c2ccsc2)CCCC1. The number of thioether (sulfide) groups is 1. The summed E-state index contributed by atoms with van der Waals surface area (Å²) in [6, 6.07) is 2.72. The monoisotopic (exact) mass is 255 g/mol. The van der Waals surface area contributed by atoms with Crippen LogP contribution in [0.1, 0.15) is 44.2 Å². The van der Waals surface area contributed by atoms with Gasteiger partial charge in [0.05, 0.1) is 0 Å². The molecule has 0 saturated heterocycles. The molecule has 1 aliphatic rings. The molecule has 0 bridgehead atoms. The van der Waals surface area contributed by atoms with Crippen molar-refractivity contribution in [1.29, 1.82) is 0 Å². The van der Waals surface area contributed by atoms with Crippen LogP contribution in [0.15, 0.2) is 16.8 Å². The molecule has 1 aromatic rings. The van der Waals surface area contributed by atoms with E-state index in [-0.39, 0.29) is 0 Å². The highest BCUT2D eigenvalue weighted by atomic mass is 32.2. The second kappa shape index (κ2) is 5.56. The van der Waals surface area contributed by atoms with Crippen LogP contribution in [0.4, 0.5) is 0 Å². The smallest absolute Gasteiger partial charge is 0.0300 e. The van der Waals surface area contributed by atoms with Gasteiger partial charge >= 0.3 is 0 Å². The van der Waals surface area contributed by atoms with Gasteiger partial charge in [0, 0.05) is 17.3 Å². The van der Waals surface area contributed by atoms with Crippen LogP contribution in [-0.4, -0.2) is 17.5 Å². The minimum atomic E-state index is 0.496. The third-order valence-corrected chi connectivity index (χ3v) is 5.84. The van der Waals surface area contributed by atoms with Gasteiger partial charge in [0.25, 0.3) is 0 Å². The van der Waals surface area contributed by atoms with E-state index in [9.17, 15) is 0 Å². The van der Waals surface area contributed by atoms with E-state index in [4.69, 9.17) is 0 Å². The van der Waals surface area contributed by atoms with Crippen molar-refractivity contribution >= 4 is 23.1 Å². The number of hydrogen-bond donors (Lipinski definition) is 1. The molecule has 0 aliphatic heterocycles. The van der Waals surface area contributed by atoms with Crippen molar-refractivity contribution in [2.24, 2.45) is 0 Å². The molecule has 1 unspecified atom stereocenters. The lowest BCUT2D eigenvalue weighted by Crippen LogP contribution is -2.36. The average Bonchev–Trinajstić information content (AvgIpc) is 2.98. The first-order chi connectivity index (χ1) is 7.76. The third-order valence-electron chi connectivity index (χ3n) is 3.72. The van der Waals surface area contributed by atoms with Crippen LogP contribution in [0.25, 0.3) is 0 Å². The van der Waals surface area contributed by atoms with Crippen LogP contribution >= 0.6 is 23.1 Å². The molecular weight excluding hydrogens is 234 g/mol. The molecule has 1 atom stereocenters. The topological polar surface area (TPSA) is 12.0 Å². The van der Waals surface area contributed by atoms with E-state index < -0.39 is 0 Å². The van der Waals surface area contributed by atoms with E-state index in [0.29, 0.717) is 10.8 Å². The minimum Gasteiger partial charge on any atom is -0.309 e. The first kappa shape index (κ1) is 12.5. The van der Waals surface area contributed by atoms with Crippen LogP contribution in [0, 0.1) is 0 Å². The zero-order chi connectivity index (χ0) is 11.4. The van der Waals surface area contributed by atoms with Crippen molar-refractivity contribution in [1.82, 2.24) is 5.32 Å². The fourth-order valence-corrected chi connectivity index (χ4v) is 4.13. The van der Waals surface area contributed by atoms with Gasteiger partial charge in [0.2, 0.25) is 0 Å². The fourth-order valence-electron chi connectivity index (χ4n) is 2.45. The summed E-state index contributed by atoms with van der Waals surface area (Å²) in [4.78, 5) is 0. The van der Waals surface area contributed by atoms with Gasteiger partial charge in [-0.25, -0.2) is 0 Å². The Balaban J connectivity index is 1.86. The molecule has 1 aromatic heterocycles. The number of hydrogen-bond acceptors (Lipinski definition) is 3. The predicted molar refractivity (Wildman–Crippen MR) is 75.5 cm³/mol. The molecule has 3 heteroatoms. The molecule has 0 spiro atoms. The van der Waals surface area contributed by atoms with Gasteiger partial charge in [-0.15, -0.1) is 0 Å². The second-order valence-electron chi connectivity index (χ2n) is 4.75. The minimum absolute atomic E-state index is 0.496. The van der Waals surface area contributed by atoms with Crippen LogP contribution in [0.5, 0.6) is 0 Å². The van der Waals surface area contributed by atoms with E-state index in [1.807, 2.05) is 0 Å². The van der Waals surface area contributed by atoms with Gasteiger partial charge in [-0.3, -0.25) is 0 Å². The van der Waals surface area contributed by atoms with Crippen molar-refractivity contribution < 1.29 is 0 Å². The summed E-state index contributed by atoms with van der Waals surface area (Å²) >= 11 is 3.84. The predicted octanol–water partition coefficient (Wildman–Crippen LogP) is 4.07. The van der Waals surface area contributed by atoms with Gasteiger partial charge < -0.3 is 5.32 Å². The summed E-state index contributed by atoms with van der Waals surface area (Å²) in [5, 5.41) is 8.11. The summed E-state index contributed by atoms with van der Waals surface area (Å²) in [7, 11) is 0. The van der Waals surface area contributed by atoms with Crippen molar-refractivity contribution in [3.05, 3.63) is 22.4 Å². The molecule has 1 saturated carbocycles. The Morgan fingerprint density at radius 2 is 2.25 bits per heavy atom. The average molecular weight is 255 g/mol. The van der Waals surface area contributed by atoms with Gasteiger partial charge in [0.15, 0.2) is 0 Å². The highest BCUT2D eigenvalue weighted by molar-refractivity contribution is 8.00. The van der Waals surface area contributed by atoms with Crippen molar-refractivity contribution in [3.63, 3.8) is 0 Å². The van der Waals surface area contributed by atoms with Gasteiger partial charge in [0.1, 0.15) is 0 Å². The zero-order valence-corrected chi connectivity index (χ0v) is 11.8. The second-order valence-corrected chi connectivity index (χ2v) is 6.81. The molecule has 1 fully saturated rings. The third kappa shape index (κ3) is 2.82. The maximum Gasteiger partial charge on any atom is 0.0300 e. The first-order valence-corrected chi connectivity index (χ1v) is 8.23. The lowest BCUT2D eigenvalue weighted by atomic mass is 10.1. The molecule has 1 N–H and O–H groups in total. The lowest BCUT2D eigenvalue weighted by Gasteiger charge is -2.28. The first-order valence-electron chi connectivity index (χ1n) is 6.06. The molecule has 0 radical (unpaired) electrons. The van der Waals surface area contributed by atoms with Crippen LogP contribution in [-0.2, 0) is 0 Å². The van der Waals surface area contributed by atoms with E-state index in [1.54, 1.807) is 11.3 Å². The summed E-state index contributed by atoms with van der Waals surface area (Å²) in [5.74, 6) is 0. The maximum atomic E-state index is 3.70. The van der Waals surface area contributed by atoms with Gasteiger partial charge in [-0.1, -0.05) is 12.8 Å².